The number of unbranched alkanes of at least 4 members (excludes halogenated alkanes) is 3. The molecule has 93 heavy (non-hydrogen) atoms. The van der Waals surface area contributed by atoms with Crippen LogP contribution in [0.5, 0.6) is 0 Å². The van der Waals surface area contributed by atoms with E-state index in [1.807, 2.05) is 126 Å². The molecule has 2 aliphatic heterocycles. The molecule has 6 atom stereocenters. The zero-order valence-corrected chi connectivity index (χ0v) is 57.2. The lowest BCUT2D eigenvalue weighted by molar-refractivity contribution is -0.248. The molecule has 1 saturated heterocycles. The number of rotatable bonds is 24. The van der Waals surface area contributed by atoms with Crippen LogP contribution in [0.2, 0.25) is 0 Å². The number of hydrogen-bond donors (Lipinski definition) is 5. The third-order valence-electron chi connectivity index (χ3n) is 20.4. The second kappa shape index (κ2) is 26.2. The number of aryl methyl sites for hydroxylation is 1. The number of thiazole rings is 2. The van der Waals surface area contributed by atoms with Crippen molar-refractivity contribution in [1.29, 1.82) is 0 Å². The van der Waals surface area contributed by atoms with Gasteiger partial charge >= 0.3 is 5.97 Å². The molecule has 0 radical (unpaired) electrons. The molecule has 3 amide bonds. The number of carbonyl (C=O) groups is 4. The Kier molecular flexibility index (Phi) is 18.5. The Balaban J connectivity index is 0.610. The Morgan fingerprint density at radius 2 is 1.62 bits per heavy atom. The molecule has 13 rings (SSSR count). The number of hydrogen-bond acceptors (Lipinski definition) is 17. The van der Waals surface area contributed by atoms with E-state index >= 15 is 0 Å². The number of benzene rings is 2. The Morgan fingerprint density at radius 1 is 0.871 bits per heavy atom. The van der Waals surface area contributed by atoms with Crippen molar-refractivity contribution >= 4 is 79.2 Å². The number of aliphatic hydroxyl groups is 1. The molecule has 0 spiro atoms. The first-order chi connectivity index (χ1) is 44.3. The van der Waals surface area contributed by atoms with E-state index in [0.717, 1.165) is 143 Å². The molecule has 7 heterocycles. The largest absolute Gasteiger partial charge is 0.476 e. The zero-order chi connectivity index (χ0) is 65.8. The molecule has 2 aromatic carbocycles. The van der Waals surface area contributed by atoms with Crippen molar-refractivity contribution in [3.05, 3.63) is 106 Å². The monoisotopic (exact) mass is 1300 g/mol. The maximum Gasteiger partial charge on any atom is 0.355 e. The van der Waals surface area contributed by atoms with E-state index in [9.17, 15) is 29.4 Å². The molecule has 494 valence electrons. The molecule has 5 N–H and O–H groups in total. The highest BCUT2D eigenvalue weighted by Crippen LogP contribution is 2.72. The summed E-state index contributed by atoms with van der Waals surface area (Å²) < 4.78 is 10.4. The lowest BCUT2D eigenvalue weighted by Crippen LogP contribution is -2.64. The van der Waals surface area contributed by atoms with Gasteiger partial charge in [0.2, 0.25) is 17.7 Å². The van der Waals surface area contributed by atoms with Gasteiger partial charge in [0.15, 0.2) is 22.5 Å². The van der Waals surface area contributed by atoms with Crippen molar-refractivity contribution < 1.29 is 34.1 Å². The maximum atomic E-state index is 14.3. The number of aliphatic hydroxyl groups excluding tert-OH is 1. The average Bonchev–Trinajstić information content (AvgIpc) is 1.04. The van der Waals surface area contributed by atoms with Gasteiger partial charge in [0.25, 0.3) is 0 Å². The van der Waals surface area contributed by atoms with Gasteiger partial charge in [-0.15, -0.1) is 21.5 Å². The van der Waals surface area contributed by atoms with Gasteiger partial charge in [0.05, 0.1) is 56.8 Å². The highest BCUT2D eigenvalue weighted by atomic mass is 32.1. The van der Waals surface area contributed by atoms with Crippen LogP contribution in [0.25, 0.3) is 31.8 Å². The normalized spacial score (nSPS) is 24.0. The van der Waals surface area contributed by atoms with Crippen LogP contribution in [-0.2, 0) is 32.1 Å². The van der Waals surface area contributed by atoms with E-state index in [4.69, 9.17) is 24.9 Å². The van der Waals surface area contributed by atoms with Crippen LogP contribution in [0.15, 0.2) is 72.4 Å². The van der Waals surface area contributed by atoms with E-state index in [-0.39, 0.29) is 70.7 Å². The first kappa shape index (κ1) is 65.8. The van der Waals surface area contributed by atoms with Gasteiger partial charge in [-0.1, -0.05) is 95.2 Å². The van der Waals surface area contributed by atoms with Gasteiger partial charge in [0, 0.05) is 67.0 Å². The van der Waals surface area contributed by atoms with Crippen molar-refractivity contribution in [2.24, 2.45) is 21.7 Å². The predicted octanol–water partition coefficient (Wildman–Crippen LogP) is 12.3. The molecule has 5 aromatic heterocycles. The van der Waals surface area contributed by atoms with Gasteiger partial charge in [-0.05, 0) is 163 Å². The summed E-state index contributed by atoms with van der Waals surface area (Å²) in [7, 11) is 2.15. The molecular weight excluding hydrogens is 1210 g/mol. The SMILES string of the molecule is Cc1ncsc1-c1ccc([C@H](C)NC(=O)[C@@H]2C[C@@H](O)CN2C(=O)[C@@H](NC(=O)CCCCCCN(C)CCOC23CC4(C)CC(C)(CC(Cn5ncc(-c6ccc(N7CCCc8c7nnc(Nc7nc9ccccc9s7)c8C)nc6C(=O)O)c5C)(C4)C2)C3)C(C)(C)C)cc1. The number of pyridine rings is 1. The first-order valence-electron chi connectivity index (χ1n) is 33.2. The van der Waals surface area contributed by atoms with Gasteiger partial charge in [-0.25, -0.2) is 19.7 Å². The van der Waals surface area contributed by atoms with Crippen molar-refractivity contribution in [3.8, 4) is 21.6 Å². The minimum Gasteiger partial charge on any atom is -0.476 e. The summed E-state index contributed by atoms with van der Waals surface area (Å²) in [6.07, 6.45) is 12.9. The Bertz CT molecular complexity index is 3880. The summed E-state index contributed by atoms with van der Waals surface area (Å²) >= 11 is 3.15. The zero-order valence-electron chi connectivity index (χ0n) is 55.6. The number of fused-ring (bicyclic) bond motifs is 2. The number of nitrogens with zero attached hydrogens (tertiary/aromatic N) is 10. The van der Waals surface area contributed by atoms with E-state index in [2.05, 4.69) is 56.5 Å². The van der Waals surface area contributed by atoms with Gasteiger partial charge in [-0.2, -0.15) is 5.10 Å². The van der Waals surface area contributed by atoms with Crippen molar-refractivity contribution in [2.75, 3.05) is 50.1 Å². The molecule has 7 aromatic rings. The number of para-hydroxylation sites is 1. The third-order valence-corrected chi connectivity index (χ3v) is 22.4. The fraction of sp³-hybridized carbons (Fsp3) is 0.549. The minimum atomic E-state index is -1.10. The summed E-state index contributed by atoms with van der Waals surface area (Å²) in [4.78, 5) is 75.6. The van der Waals surface area contributed by atoms with Crippen molar-refractivity contribution in [1.82, 2.24) is 55.4 Å². The van der Waals surface area contributed by atoms with Crippen LogP contribution in [0.3, 0.4) is 0 Å². The molecule has 4 saturated carbocycles. The Morgan fingerprint density at radius 3 is 2.34 bits per heavy atom. The predicted molar refractivity (Wildman–Crippen MR) is 364 cm³/mol. The number of amides is 3. The number of carbonyl (C=O) groups excluding carboxylic acids is 3. The molecule has 6 aliphatic rings. The van der Waals surface area contributed by atoms with Gasteiger partial charge in [-0.3, -0.25) is 19.1 Å². The lowest BCUT2D eigenvalue weighted by Gasteiger charge is -2.69. The Labute approximate surface area is 553 Å². The second-order valence-corrected chi connectivity index (χ2v) is 31.5. The molecule has 4 bridgehead atoms. The third kappa shape index (κ3) is 14.0. The standard InChI is InChI=1S/C71H91N13O7S2/c1-43-50-18-17-29-82(62(50)80-79-61(43)78-66-75-53-19-14-15-20-55(53)93-66)56-27-26-51(58(76-56)65(89)90)52-33-73-84(46(52)4)41-70-36-68(8)35-69(9,37-70)39-71(38-68,40-70)91-31-30-81(10)28-16-12-11-13-21-57(86)77-60(67(5,6)7)64(88)83-34-49(85)32-54(83)63(87)74-44(2)47-22-24-48(25-23-47)59-45(3)72-42-92-59/h14-15,19-20,22-27,33,42,44,49,54,60,85H,11-13,16-18,21,28-32,34-41H2,1-10H3,(H,74,87)(H,77,86)(H,89,90)(H,75,78,79)/t44-,49+,54-,60+,68?,69?,70?,71?/m0/s1. The number of carboxylic acid groups (broad SMARTS) is 1. The van der Waals surface area contributed by atoms with Crippen molar-refractivity contribution in [2.45, 2.75) is 189 Å². The van der Waals surface area contributed by atoms with E-state index in [0.29, 0.717) is 42.6 Å². The molecule has 20 nitrogen and oxygen atoms in total. The van der Waals surface area contributed by atoms with Crippen LogP contribution >= 0.6 is 22.7 Å². The molecule has 22 heteroatoms. The second-order valence-electron chi connectivity index (χ2n) is 29.6. The summed E-state index contributed by atoms with van der Waals surface area (Å²) in [5.74, 6) is -0.160. The first-order valence-corrected chi connectivity index (χ1v) is 34.9. The summed E-state index contributed by atoms with van der Waals surface area (Å²) in [6.45, 7) is 22.4. The smallest absolute Gasteiger partial charge is 0.355 e. The number of nitrogens with one attached hydrogen (secondary N) is 3. The van der Waals surface area contributed by atoms with E-state index < -0.39 is 29.6 Å². The van der Waals surface area contributed by atoms with Gasteiger partial charge < -0.3 is 45.6 Å². The summed E-state index contributed by atoms with van der Waals surface area (Å²) in [6, 6.07) is 17.7. The fourth-order valence-corrected chi connectivity index (χ4v) is 18.7. The number of likely N-dealkylation sites (N-methyl/N-ethyl adjacent to an activating group) is 1. The number of likely N-dealkylation sites (tertiary alicyclic amines) is 1. The molecule has 4 aliphatic carbocycles. The Hall–Kier alpha value is -7.24. The van der Waals surface area contributed by atoms with Crippen LogP contribution in [0.4, 0.5) is 22.6 Å². The van der Waals surface area contributed by atoms with Gasteiger partial charge in [0.1, 0.15) is 17.9 Å². The number of ether oxygens (including phenoxy) is 1. The van der Waals surface area contributed by atoms with Crippen LogP contribution < -0.4 is 20.9 Å². The lowest BCUT2D eigenvalue weighted by atomic mass is 9.39. The highest BCUT2D eigenvalue weighted by molar-refractivity contribution is 7.22. The highest BCUT2D eigenvalue weighted by Gasteiger charge is 2.66. The van der Waals surface area contributed by atoms with Crippen LogP contribution in [0, 0.1) is 42.4 Å². The fourth-order valence-electron chi connectivity index (χ4n) is 17.1. The molecule has 2 unspecified atom stereocenters. The number of aromatic nitrogens is 7. The van der Waals surface area contributed by atoms with Crippen LogP contribution in [-0.4, -0.2) is 142 Å². The topological polar surface area (TPSA) is 246 Å². The molecule has 5 fully saturated rings. The number of carboxylic acids is 1. The maximum absolute atomic E-state index is 14.3. The number of β-amino-alcohol motifs (C(OH)–C–C–N with tert-alkyl or cyclic N) is 1. The van der Waals surface area contributed by atoms with Crippen LogP contribution in [0.1, 0.15) is 170 Å². The number of aromatic carboxylic acids is 1. The molecular formula is C71H91N13O7S2. The van der Waals surface area contributed by atoms with E-state index in [1.54, 1.807) is 22.7 Å². The number of anilines is 4. The average molecular weight is 1300 g/mol. The minimum absolute atomic E-state index is 0.0186. The summed E-state index contributed by atoms with van der Waals surface area (Å²) in [5.41, 5.74) is 9.27. The van der Waals surface area contributed by atoms with Crippen molar-refractivity contribution in [3.63, 3.8) is 0 Å². The summed E-state index contributed by atoms with van der Waals surface area (Å²) in [5, 5.41) is 46.1. The van der Waals surface area contributed by atoms with E-state index in [1.165, 1.54) is 11.3 Å². The quantitative estimate of drug-likeness (QED) is 0.0353.